The number of hydrogen-bond acceptors (Lipinski definition) is 3. The summed E-state index contributed by atoms with van der Waals surface area (Å²) in [6.45, 7) is 17.7. The number of rotatable bonds is 4. The minimum atomic E-state index is -0.600. The maximum absolute atomic E-state index is 11.0. The third kappa shape index (κ3) is 2.85. The molecular formula is C30H48O3. The quantitative estimate of drug-likeness (QED) is 0.463. The van der Waals surface area contributed by atoms with Gasteiger partial charge in [-0.2, -0.15) is 0 Å². The molecule has 5 aliphatic carbocycles. The van der Waals surface area contributed by atoms with Gasteiger partial charge in [0.2, 0.25) is 0 Å². The molecule has 186 valence electrons. The molecule has 0 saturated heterocycles. The molecule has 0 aromatic rings. The number of fused-ring (bicyclic) bond motifs is 2. The standard InChI is InChI=1S/C30H48O3/c1-18(2)8-9-21(31)19(3)20-12-13-28(7)24-11-10-23-26(4,5)25(33)22(32)16-30(23)17-29(24,30)15-14-27(20,28)6/h8-9,19-25,31-33H,1,10-17H2,2-7H3. The van der Waals surface area contributed by atoms with Crippen LogP contribution in [0.25, 0.3) is 0 Å². The molecule has 2 spiro atoms. The number of allylic oxidation sites excluding steroid dienone is 2. The fourth-order valence-corrected chi connectivity index (χ4v) is 11.0. The van der Waals surface area contributed by atoms with Gasteiger partial charge in [-0.15, -0.1) is 0 Å². The van der Waals surface area contributed by atoms with E-state index in [2.05, 4.69) is 41.2 Å². The van der Waals surface area contributed by atoms with Gasteiger partial charge in [0.1, 0.15) is 0 Å². The molecule has 0 aromatic carbocycles. The van der Waals surface area contributed by atoms with E-state index in [-0.39, 0.29) is 22.2 Å². The first-order chi connectivity index (χ1) is 15.3. The zero-order valence-corrected chi connectivity index (χ0v) is 21.9. The summed E-state index contributed by atoms with van der Waals surface area (Å²) in [5.74, 6) is 2.01. The molecule has 5 saturated carbocycles. The molecule has 0 aromatic heterocycles. The van der Waals surface area contributed by atoms with Crippen LogP contribution in [-0.2, 0) is 0 Å². The number of aliphatic hydroxyl groups excluding tert-OH is 3. The molecule has 11 atom stereocenters. The van der Waals surface area contributed by atoms with E-state index in [1.807, 2.05) is 19.1 Å². The summed E-state index contributed by atoms with van der Waals surface area (Å²) < 4.78 is 0. The summed E-state index contributed by atoms with van der Waals surface area (Å²) in [5, 5.41) is 32.8. The Kier molecular flexibility index (Phi) is 5.25. The van der Waals surface area contributed by atoms with E-state index in [4.69, 9.17) is 0 Å². The van der Waals surface area contributed by atoms with E-state index in [0.717, 1.165) is 12.0 Å². The van der Waals surface area contributed by atoms with Crippen LogP contribution < -0.4 is 0 Å². The van der Waals surface area contributed by atoms with E-state index in [0.29, 0.717) is 28.6 Å². The largest absolute Gasteiger partial charge is 0.390 e. The van der Waals surface area contributed by atoms with Crippen LogP contribution in [0.4, 0.5) is 0 Å². The highest BCUT2D eigenvalue weighted by Gasteiger charge is 2.83. The van der Waals surface area contributed by atoms with Gasteiger partial charge in [0.25, 0.3) is 0 Å². The third-order valence-corrected chi connectivity index (χ3v) is 12.9. The lowest BCUT2D eigenvalue weighted by Crippen LogP contribution is -2.60. The molecule has 0 radical (unpaired) electrons. The summed E-state index contributed by atoms with van der Waals surface area (Å²) in [6, 6.07) is 0. The minimum absolute atomic E-state index is 0.208. The van der Waals surface area contributed by atoms with Crippen LogP contribution in [0.5, 0.6) is 0 Å². The zero-order valence-electron chi connectivity index (χ0n) is 21.9. The van der Waals surface area contributed by atoms with Crippen molar-refractivity contribution in [2.75, 3.05) is 0 Å². The van der Waals surface area contributed by atoms with Crippen molar-refractivity contribution >= 4 is 0 Å². The second-order valence-electron chi connectivity index (χ2n) is 14.2. The van der Waals surface area contributed by atoms with Crippen LogP contribution in [0.2, 0.25) is 0 Å². The van der Waals surface area contributed by atoms with Crippen molar-refractivity contribution in [2.24, 2.45) is 50.7 Å². The first kappa shape index (κ1) is 24.1. The second-order valence-corrected chi connectivity index (χ2v) is 14.2. The smallest absolute Gasteiger partial charge is 0.0852 e. The van der Waals surface area contributed by atoms with Crippen LogP contribution in [0.15, 0.2) is 24.3 Å². The van der Waals surface area contributed by atoms with Gasteiger partial charge in [0, 0.05) is 0 Å². The van der Waals surface area contributed by atoms with Crippen LogP contribution in [0.3, 0.4) is 0 Å². The molecule has 5 aliphatic rings. The Morgan fingerprint density at radius 3 is 2.27 bits per heavy atom. The van der Waals surface area contributed by atoms with E-state index < -0.39 is 18.3 Å². The van der Waals surface area contributed by atoms with Gasteiger partial charge in [0.15, 0.2) is 0 Å². The maximum atomic E-state index is 11.0. The lowest BCUT2D eigenvalue weighted by molar-refractivity contribution is -0.191. The van der Waals surface area contributed by atoms with Crippen LogP contribution >= 0.6 is 0 Å². The van der Waals surface area contributed by atoms with Gasteiger partial charge in [-0.1, -0.05) is 58.9 Å². The Balaban J connectivity index is 1.45. The SMILES string of the molecule is C=C(C)C=CC(O)C(C)C1CCC2(C)C3CCC4C(C)(C)C(O)C(O)CC45CC35CCC12C. The molecule has 3 N–H and O–H groups in total. The second kappa shape index (κ2) is 7.20. The van der Waals surface area contributed by atoms with E-state index in [1.165, 1.54) is 44.9 Å². The third-order valence-electron chi connectivity index (χ3n) is 12.9. The van der Waals surface area contributed by atoms with E-state index >= 15 is 0 Å². The average Bonchev–Trinajstić information content (AvgIpc) is 3.31. The Morgan fingerprint density at radius 2 is 1.61 bits per heavy atom. The molecule has 3 heteroatoms. The van der Waals surface area contributed by atoms with Gasteiger partial charge < -0.3 is 15.3 Å². The van der Waals surface area contributed by atoms with Crippen molar-refractivity contribution in [1.29, 1.82) is 0 Å². The normalized spacial score (nSPS) is 54.0. The predicted molar refractivity (Wildman–Crippen MR) is 133 cm³/mol. The first-order valence-electron chi connectivity index (χ1n) is 13.6. The van der Waals surface area contributed by atoms with Gasteiger partial charge >= 0.3 is 0 Å². The van der Waals surface area contributed by atoms with Gasteiger partial charge in [0.05, 0.1) is 18.3 Å². The van der Waals surface area contributed by atoms with E-state index in [1.54, 1.807) is 0 Å². The fourth-order valence-electron chi connectivity index (χ4n) is 11.0. The number of aliphatic hydroxyl groups is 3. The molecule has 5 fully saturated rings. The molecule has 0 heterocycles. The highest BCUT2D eigenvalue weighted by atomic mass is 16.3. The predicted octanol–water partition coefficient (Wildman–Crippen LogP) is 5.89. The van der Waals surface area contributed by atoms with Crippen molar-refractivity contribution in [3.05, 3.63) is 24.3 Å². The lowest BCUT2D eigenvalue weighted by atomic mass is 9.41. The van der Waals surface area contributed by atoms with Gasteiger partial charge in [-0.3, -0.25) is 0 Å². The molecule has 0 amide bonds. The van der Waals surface area contributed by atoms with Crippen molar-refractivity contribution < 1.29 is 15.3 Å². The summed E-state index contributed by atoms with van der Waals surface area (Å²) in [7, 11) is 0. The lowest BCUT2D eigenvalue weighted by Gasteiger charge is -2.63. The van der Waals surface area contributed by atoms with E-state index in [9.17, 15) is 15.3 Å². The fraction of sp³-hybridized carbons (Fsp3) is 0.867. The van der Waals surface area contributed by atoms with Crippen molar-refractivity contribution in [1.82, 2.24) is 0 Å². The maximum Gasteiger partial charge on any atom is 0.0852 e. The topological polar surface area (TPSA) is 60.7 Å². The summed E-state index contributed by atoms with van der Waals surface area (Å²) in [4.78, 5) is 0. The van der Waals surface area contributed by atoms with Crippen molar-refractivity contribution in [3.63, 3.8) is 0 Å². The molecule has 3 nitrogen and oxygen atoms in total. The summed E-state index contributed by atoms with van der Waals surface area (Å²) in [6.07, 6.45) is 11.8. The molecular weight excluding hydrogens is 408 g/mol. The zero-order chi connectivity index (χ0) is 24.2. The molecule has 33 heavy (non-hydrogen) atoms. The van der Waals surface area contributed by atoms with Crippen LogP contribution in [0, 0.1) is 50.7 Å². The Morgan fingerprint density at radius 1 is 0.939 bits per heavy atom. The number of hydrogen-bond donors (Lipinski definition) is 3. The van der Waals surface area contributed by atoms with Gasteiger partial charge in [-0.05, 0) is 109 Å². The highest BCUT2D eigenvalue weighted by molar-refractivity contribution is 5.31. The Labute approximate surface area is 201 Å². The Hall–Kier alpha value is -0.640. The monoisotopic (exact) mass is 456 g/mol. The minimum Gasteiger partial charge on any atom is -0.390 e. The van der Waals surface area contributed by atoms with Crippen molar-refractivity contribution in [3.8, 4) is 0 Å². The molecule has 0 bridgehead atoms. The summed E-state index contributed by atoms with van der Waals surface area (Å²) >= 11 is 0. The summed E-state index contributed by atoms with van der Waals surface area (Å²) in [5.41, 5.74) is 1.91. The molecule has 11 unspecified atom stereocenters. The van der Waals surface area contributed by atoms with Crippen LogP contribution in [-0.4, -0.2) is 33.6 Å². The van der Waals surface area contributed by atoms with Gasteiger partial charge in [-0.25, -0.2) is 0 Å². The molecule has 5 rings (SSSR count). The Bertz CT molecular complexity index is 861. The van der Waals surface area contributed by atoms with Crippen molar-refractivity contribution in [2.45, 2.75) is 111 Å². The van der Waals surface area contributed by atoms with Crippen LogP contribution in [0.1, 0.15) is 92.9 Å². The molecule has 0 aliphatic heterocycles. The average molecular weight is 457 g/mol. The highest BCUT2D eigenvalue weighted by Crippen LogP contribution is 2.89. The first-order valence-corrected chi connectivity index (χ1v) is 13.6.